The van der Waals surface area contributed by atoms with Gasteiger partial charge in [0.15, 0.2) is 11.5 Å². The number of carboxylic acid groups (broad SMARTS) is 1. The molecule has 180 valence electrons. The first-order valence-corrected chi connectivity index (χ1v) is 11.5. The zero-order valence-electron chi connectivity index (χ0n) is 19.4. The van der Waals surface area contributed by atoms with Crippen molar-refractivity contribution >= 4 is 34.9 Å². The molecule has 9 nitrogen and oxygen atoms in total. The van der Waals surface area contributed by atoms with E-state index >= 15 is 0 Å². The molecule has 0 atom stereocenters. The molecule has 0 spiro atoms. The fourth-order valence-corrected chi connectivity index (χ4v) is 4.01. The lowest BCUT2D eigenvalue weighted by Crippen LogP contribution is -2.38. The molecule has 0 saturated heterocycles. The zero-order valence-corrected chi connectivity index (χ0v) is 20.2. The van der Waals surface area contributed by atoms with Gasteiger partial charge >= 0.3 is 5.97 Å². The van der Waals surface area contributed by atoms with Crippen molar-refractivity contribution in [3.63, 3.8) is 0 Å². The number of aromatic carboxylic acids is 1. The van der Waals surface area contributed by atoms with Crippen molar-refractivity contribution in [2.75, 3.05) is 4.90 Å². The highest BCUT2D eigenvalue weighted by molar-refractivity contribution is 6.30. The third-order valence-corrected chi connectivity index (χ3v) is 5.90. The van der Waals surface area contributed by atoms with E-state index in [9.17, 15) is 14.7 Å². The molecule has 3 heterocycles. The van der Waals surface area contributed by atoms with Gasteiger partial charge in [-0.25, -0.2) is 19.0 Å². The molecule has 1 N–H and O–H groups in total. The number of carbonyl (C=O) groups is 2. The van der Waals surface area contributed by atoms with E-state index in [1.54, 1.807) is 54.9 Å². The minimum atomic E-state index is -1.18. The van der Waals surface area contributed by atoms with Gasteiger partial charge in [-0.15, -0.1) is 5.10 Å². The molecule has 5 aromatic rings. The van der Waals surface area contributed by atoms with E-state index in [2.05, 4.69) is 15.2 Å². The number of amides is 1. The lowest BCUT2D eigenvalue weighted by atomic mass is 10.1. The highest BCUT2D eigenvalue weighted by atomic mass is 35.5. The van der Waals surface area contributed by atoms with Gasteiger partial charge < -0.3 is 5.11 Å². The van der Waals surface area contributed by atoms with Crippen LogP contribution in [0.15, 0.2) is 79.3 Å². The number of benzene rings is 2. The third kappa shape index (κ3) is 4.32. The van der Waals surface area contributed by atoms with E-state index in [1.165, 1.54) is 15.8 Å². The molecule has 0 bridgehead atoms. The fraction of sp³-hybridized carbons (Fsp3) is 0.115. The molecule has 5 rings (SSSR count). The Labute approximate surface area is 211 Å². The first-order chi connectivity index (χ1) is 17.3. The molecule has 0 aliphatic carbocycles. The molecule has 0 unspecified atom stereocenters. The molecule has 0 fully saturated rings. The molecule has 36 heavy (non-hydrogen) atoms. The maximum absolute atomic E-state index is 13.3. The normalized spacial score (nSPS) is 11.2. The Morgan fingerprint density at radius 3 is 2.39 bits per heavy atom. The van der Waals surface area contributed by atoms with Gasteiger partial charge in [0.2, 0.25) is 0 Å². The van der Waals surface area contributed by atoms with Crippen LogP contribution in [-0.2, 0) is 0 Å². The maximum Gasteiger partial charge on any atom is 0.341 e. The molecule has 3 aromatic heterocycles. The summed E-state index contributed by atoms with van der Waals surface area (Å²) in [4.78, 5) is 31.1. The largest absolute Gasteiger partial charge is 0.477 e. The first-order valence-electron chi connectivity index (χ1n) is 11.1. The summed E-state index contributed by atoms with van der Waals surface area (Å²) in [6.45, 7) is 3.61. The predicted octanol–water partition coefficient (Wildman–Crippen LogP) is 4.99. The molecule has 10 heteroatoms. The van der Waals surface area contributed by atoms with Crippen molar-refractivity contribution < 1.29 is 14.7 Å². The Morgan fingerprint density at radius 1 is 1.03 bits per heavy atom. The van der Waals surface area contributed by atoms with Crippen LogP contribution >= 0.6 is 11.6 Å². The maximum atomic E-state index is 13.3. The molecule has 0 aliphatic heterocycles. The highest BCUT2D eigenvalue weighted by Gasteiger charge is 2.29. The third-order valence-electron chi connectivity index (χ3n) is 5.64. The van der Waals surface area contributed by atoms with Crippen molar-refractivity contribution in [2.45, 2.75) is 19.9 Å². The van der Waals surface area contributed by atoms with Crippen LogP contribution in [0.25, 0.3) is 22.6 Å². The van der Waals surface area contributed by atoms with Crippen LogP contribution in [0.2, 0.25) is 5.02 Å². The number of halogens is 1. The van der Waals surface area contributed by atoms with Gasteiger partial charge in [0, 0.05) is 46.8 Å². The van der Waals surface area contributed by atoms with Crippen molar-refractivity contribution in [1.82, 2.24) is 24.4 Å². The quantitative estimate of drug-likeness (QED) is 0.352. The van der Waals surface area contributed by atoms with E-state index in [0.717, 1.165) is 16.9 Å². The van der Waals surface area contributed by atoms with Crippen LogP contribution in [0.4, 0.5) is 5.82 Å². The van der Waals surface area contributed by atoms with Gasteiger partial charge in [-0.1, -0.05) is 23.7 Å². The van der Waals surface area contributed by atoms with E-state index in [1.807, 2.05) is 36.5 Å². The van der Waals surface area contributed by atoms with Gasteiger partial charge in [0.05, 0.1) is 11.4 Å². The molecule has 2 aromatic carbocycles. The van der Waals surface area contributed by atoms with Crippen LogP contribution in [0, 0.1) is 0 Å². The Balaban J connectivity index is 1.51. The summed E-state index contributed by atoms with van der Waals surface area (Å²) in [6, 6.07) is 17.2. The highest BCUT2D eigenvalue weighted by Crippen LogP contribution is 2.27. The number of hydrogen-bond acceptors (Lipinski definition) is 5. The van der Waals surface area contributed by atoms with Gasteiger partial charge in [-0.05, 0) is 56.3 Å². The van der Waals surface area contributed by atoms with Crippen LogP contribution in [0.3, 0.4) is 0 Å². The number of anilines is 1. The molecule has 0 radical (unpaired) electrons. The number of rotatable bonds is 6. The minimum absolute atomic E-state index is 0.0629. The van der Waals surface area contributed by atoms with Gasteiger partial charge in [0.25, 0.3) is 5.91 Å². The van der Waals surface area contributed by atoms with Gasteiger partial charge in [0.1, 0.15) is 5.56 Å². The van der Waals surface area contributed by atoms with Crippen LogP contribution in [-0.4, -0.2) is 47.4 Å². The number of fused-ring (bicyclic) bond motifs is 1. The molecule has 1 amide bonds. The standard InChI is InChI=1S/C26H21ClN6O3/c1-16(2)33(25(34)18-4-8-19(27)9-5-18)24-21(26(35)36)15-32(30-24)20-10-6-17(7-11-20)22-14-23-28-12-3-13-31(23)29-22/h3-16H,1-2H3,(H,35,36). The summed E-state index contributed by atoms with van der Waals surface area (Å²) in [5.41, 5.74) is 3.30. The van der Waals surface area contributed by atoms with Crippen LogP contribution < -0.4 is 4.90 Å². The molecule has 0 saturated carbocycles. The predicted molar refractivity (Wildman–Crippen MR) is 136 cm³/mol. The van der Waals surface area contributed by atoms with Crippen molar-refractivity contribution in [3.05, 3.63) is 95.4 Å². The monoisotopic (exact) mass is 500 g/mol. The summed E-state index contributed by atoms with van der Waals surface area (Å²) in [7, 11) is 0. The average molecular weight is 501 g/mol. The van der Waals surface area contributed by atoms with Crippen molar-refractivity contribution in [3.8, 4) is 16.9 Å². The topological polar surface area (TPSA) is 106 Å². The van der Waals surface area contributed by atoms with Crippen LogP contribution in [0.1, 0.15) is 34.6 Å². The second-order valence-corrected chi connectivity index (χ2v) is 8.83. The van der Waals surface area contributed by atoms with E-state index in [-0.39, 0.29) is 23.3 Å². The van der Waals surface area contributed by atoms with Gasteiger partial charge in [-0.2, -0.15) is 5.10 Å². The van der Waals surface area contributed by atoms with Crippen molar-refractivity contribution in [1.29, 1.82) is 0 Å². The smallest absolute Gasteiger partial charge is 0.341 e. The first kappa shape index (κ1) is 23.3. The lowest BCUT2D eigenvalue weighted by molar-refractivity contribution is 0.0697. The summed E-state index contributed by atoms with van der Waals surface area (Å²) in [5.74, 6) is -1.49. The lowest BCUT2D eigenvalue weighted by Gasteiger charge is -2.25. The Morgan fingerprint density at radius 2 is 1.75 bits per heavy atom. The van der Waals surface area contributed by atoms with Crippen molar-refractivity contribution in [2.24, 2.45) is 0 Å². The van der Waals surface area contributed by atoms with Gasteiger partial charge in [-0.3, -0.25) is 9.69 Å². The Kier molecular flexibility index (Phi) is 5.99. The zero-order chi connectivity index (χ0) is 25.4. The molecular formula is C26H21ClN6O3. The number of carboxylic acids is 1. The summed E-state index contributed by atoms with van der Waals surface area (Å²) < 4.78 is 3.15. The minimum Gasteiger partial charge on any atom is -0.477 e. The van der Waals surface area contributed by atoms with E-state index in [4.69, 9.17) is 11.6 Å². The fourth-order valence-electron chi connectivity index (χ4n) is 3.89. The molecular weight excluding hydrogens is 480 g/mol. The number of aromatic nitrogens is 5. The SMILES string of the molecule is CC(C)N(C(=O)c1ccc(Cl)cc1)c1nn(-c2ccc(-c3cc4ncccn4n3)cc2)cc1C(=O)O. The summed E-state index contributed by atoms with van der Waals surface area (Å²) in [5, 5.41) is 19.4. The number of carbonyl (C=O) groups excluding carboxylic acids is 1. The van der Waals surface area contributed by atoms with Crippen LogP contribution in [0.5, 0.6) is 0 Å². The Bertz CT molecular complexity index is 1540. The van der Waals surface area contributed by atoms with E-state index in [0.29, 0.717) is 16.3 Å². The Hall–Kier alpha value is -4.50. The second kappa shape index (κ2) is 9.27. The summed E-state index contributed by atoms with van der Waals surface area (Å²) >= 11 is 5.96. The number of hydrogen-bond donors (Lipinski definition) is 1. The number of nitrogens with zero attached hydrogens (tertiary/aromatic N) is 6. The molecule has 0 aliphatic rings. The summed E-state index contributed by atoms with van der Waals surface area (Å²) in [6.07, 6.45) is 4.94. The second-order valence-electron chi connectivity index (χ2n) is 8.39. The average Bonchev–Trinajstić information content (AvgIpc) is 3.49. The van der Waals surface area contributed by atoms with E-state index < -0.39 is 5.97 Å².